The fourth-order valence-electron chi connectivity index (χ4n) is 3.20. The predicted octanol–water partition coefficient (Wildman–Crippen LogP) is 2.54. The Kier molecular flexibility index (Phi) is 8.20. The summed E-state index contributed by atoms with van der Waals surface area (Å²) in [6, 6.07) is 0. The van der Waals surface area contributed by atoms with Crippen molar-refractivity contribution in [3.8, 4) is 0 Å². The van der Waals surface area contributed by atoms with E-state index in [1.54, 1.807) is 11.3 Å². The van der Waals surface area contributed by atoms with Crippen LogP contribution in [0.5, 0.6) is 0 Å². The van der Waals surface area contributed by atoms with E-state index in [1.165, 1.54) is 5.84 Å². The van der Waals surface area contributed by atoms with Crippen LogP contribution in [0.15, 0.2) is 10.4 Å². The number of quaternary nitrogens is 3. The molecule has 0 aliphatic rings. The zero-order valence-corrected chi connectivity index (χ0v) is 20.8. The summed E-state index contributed by atoms with van der Waals surface area (Å²) in [4.78, 5) is 9.63. The van der Waals surface area contributed by atoms with Crippen LogP contribution in [-0.2, 0) is 5.75 Å². The molecule has 8 heteroatoms. The normalized spacial score (nSPS) is 12.9. The number of hydrogen-bond donors (Lipinski definition) is 0. The first-order valence-corrected chi connectivity index (χ1v) is 11.3. The molecule has 0 saturated heterocycles. The smallest absolute Gasteiger partial charge is 0.247 e. The molecule has 0 aromatic carbocycles. The summed E-state index contributed by atoms with van der Waals surface area (Å²) in [5.41, 5.74) is 1.13. The van der Waals surface area contributed by atoms with Crippen molar-refractivity contribution in [2.75, 3.05) is 83.3 Å². The molecule has 0 radical (unpaired) electrons. The van der Waals surface area contributed by atoms with Gasteiger partial charge < -0.3 is 0 Å². The van der Waals surface area contributed by atoms with Crippen LogP contribution >= 0.6 is 23.1 Å². The van der Waals surface area contributed by atoms with Crippen LogP contribution in [0.1, 0.15) is 12.1 Å². The highest BCUT2D eigenvalue weighted by atomic mass is 32.2. The van der Waals surface area contributed by atoms with Gasteiger partial charge in [-0.05, 0) is 0 Å². The Balaban J connectivity index is 2.74. The lowest BCUT2D eigenvalue weighted by Crippen LogP contribution is -2.57. The van der Waals surface area contributed by atoms with Gasteiger partial charge in [0.05, 0.1) is 75.5 Å². The van der Waals surface area contributed by atoms with E-state index in [1.807, 2.05) is 11.8 Å². The van der Waals surface area contributed by atoms with Gasteiger partial charge in [-0.2, -0.15) is 16.3 Å². The standard InChI is InChI=1S/C19H40N6S2/c1-22(2)17(23(3,4)5)12-13-26-14-16-15-27-18(20-16)21-19(24(6,7)8)25(9,10)11/h15H,12-14H2,1-11H3/q+4. The van der Waals surface area contributed by atoms with E-state index in [9.17, 15) is 0 Å². The van der Waals surface area contributed by atoms with Gasteiger partial charge in [-0.25, -0.2) is 18.4 Å². The SMILES string of the molecule is C[N+](C)=C(CCSCc1csc(N=C([N+](C)(C)C)[N+](C)(C)C)n1)[N+](C)(C)C. The van der Waals surface area contributed by atoms with Crippen molar-refractivity contribution in [2.45, 2.75) is 12.2 Å². The molecule has 0 spiro atoms. The number of hydrogen-bond acceptors (Lipinski definition) is 4. The number of amidine groups is 1. The lowest BCUT2D eigenvalue weighted by molar-refractivity contribution is -0.906. The molecular formula is C19H40N6S2+4. The summed E-state index contributed by atoms with van der Waals surface area (Å²) in [6.07, 6.45) is 1.09. The van der Waals surface area contributed by atoms with Gasteiger partial charge in [-0.3, -0.25) is 0 Å². The Hall–Kier alpha value is -0.800. The molecule has 0 saturated carbocycles. The maximum Gasteiger partial charge on any atom is 0.401 e. The summed E-state index contributed by atoms with van der Waals surface area (Å²) in [7, 11) is 23.9. The van der Waals surface area contributed by atoms with Gasteiger partial charge >= 0.3 is 11.8 Å². The molecule has 0 aliphatic heterocycles. The van der Waals surface area contributed by atoms with Gasteiger partial charge in [0.15, 0.2) is 0 Å². The average molecular weight is 417 g/mol. The summed E-state index contributed by atoms with van der Waals surface area (Å²) in [6.45, 7) is 0. The molecule has 154 valence electrons. The van der Waals surface area contributed by atoms with Crippen molar-refractivity contribution in [2.24, 2.45) is 4.99 Å². The second-order valence-corrected chi connectivity index (χ2v) is 11.6. The van der Waals surface area contributed by atoms with E-state index in [-0.39, 0.29) is 0 Å². The molecule has 0 atom stereocenters. The van der Waals surface area contributed by atoms with E-state index in [2.05, 4.69) is 87.5 Å². The minimum atomic E-state index is 0.696. The third-order valence-electron chi connectivity index (χ3n) is 3.95. The summed E-state index contributed by atoms with van der Waals surface area (Å²) in [5.74, 6) is 4.55. The zero-order chi connectivity index (χ0) is 21.0. The third kappa shape index (κ3) is 7.99. The summed E-state index contributed by atoms with van der Waals surface area (Å²) >= 11 is 3.58. The first kappa shape index (κ1) is 24.2. The van der Waals surface area contributed by atoms with Crippen LogP contribution in [-0.4, -0.2) is 118 Å². The third-order valence-corrected chi connectivity index (χ3v) is 5.72. The molecular weight excluding hydrogens is 376 g/mol. The van der Waals surface area contributed by atoms with Crippen molar-refractivity contribution in [3.63, 3.8) is 0 Å². The zero-order valence-electron chi connectivity index (χ0n) is 19.2. The first-order chi connectivity index (χ1) is 12.1. The highest BCUT2D eigenvalue weighted by molar-refractivity contribution is 7.98. The van der Waals surface area contributed by atoms with Crippen LogP contribution in [0.3, 0.4) is 0 Å². The van der Waals surface area contributed by atoms with E-state index in [4.69, 9.17) is 9.98 Å². The van der Waals surface area contributed by atoms with E-state index in [0.717, 1.165) is 39.2 Å². The Morgan fingerprint density at radius 1 is 1.00 bits per heavy atom. The van der Waals surface area contributed by atoms with Crippen LogP contribution in [0.2, 0.25) is 0 Å². The minimum Gasteiger partial charge on any atom is -0.247 e. The molecule has 6 nitrogen and oxygen atoms in total. The summed E-state index contributed by atoms with van der Waals surface area (Å²) in [5, 5.41) is 3.00. The number of aliphatic imine (C=N–C) groups is 1. The van der Waals surface area contributed by atoms with E-state index >= 15 is 0 Å². The Morgan fingerprint density at radius 3 is 2.00 bits per heavy atom. The lowest BCUT2D eigenvalue weighted by Gasteiger charge is -2.31. The topological polar surface area (TPSA) is 28.3 Å². The Bertz CT molecular complexity index is 664. The van der Waals surface area contributed by atoms with Gasteiger partial charge in [-0.1, -0.05) is 0 Å². The number of thiazole rings is 1. The minimum absolute atomic E-state index is 0.696. The van der Waals surface area contributed by atoms with Gasteiger partial charge in [0.2, 0.25) is 5.13 Å². The average Bonchev–Trinajstić information content (AvgIpc) is 2.88. The van der Waals surface area contributed by atoms with Crippen LogP contribution in [0.25, 0.3) is 0 Å². The molecule has 0 unspecified atom stereocenters. The molecule has 0 bridgehead atoms. The number of nitrogens with zero attached hydrogens (tertiary/aromatic N) is 6. The molecule has 1 rings (SSSR count). The van der Waals surface area contributed by atoms with Crippen LogP contribution < -0.4 is 0 Å². The quantitative estimate of drug-likeness (QED) is 0.234. The maximum atomic E-state index is 4.88. The molecule has 27 heavy (non-hydrogen) atoms. The van der Waals surface area contributed by atoms with Crippen molar-refractivity contribution in [3.05, 3.63) is 11.1 Å². The highest BCUT2D eigenvalue weighted by Gasteiger charge is 2.33. The van der Waals surface area contributed by atoms with E-state index < -0.39 is 0 Å². The Morgan fingerprint density at radius 2 is 1.56 bits per heavy atom. The van der Waals surface area contributed by atoms with Crippen LogP contribution in [0, 0.1) is 0 Å². The van der Waals surface area contributed by atoms with Gasteiger partial charge in [0.25, 0.3) is 0 Å². The largest absolute Gasteiger partial charge is 0.401 e. The number of guanidine groups is 1. The molecule has 0 amide bonds. The van der Waals surface area contributed by atoms with Crippen molar-refractivity contribution in [1.29, 1.82) is 0 Å². The fraction of sp³-hybridized carbons (Fsp3) is 0.737. The van der Waals surface area contributed by atoms with Gasteiger partial charge in [0, 0.05) is 16.9 Å². The Labute approximate surface area is 174 Å². The number of aromatic nitrogens is 1. The highest BCUT2D eigenvalue weighted by Crippen LogP contribution is 2.24. The lowest BCUT2D eigenvalue weighted by atomic mass is 10.3. The molecule has 1 aromatic heterocycles. The van der Waals surface area contributed by atoms with Gasteiger partial charge in [0.1, 0.15) is 14.1 Å². The van der Waals surface area contributed by atoms with Crippen LogP contribution in [0.4, 0.5) is 5.13 Å². The van der Waals surface area contributed by atoms with Crippen molar-refractivity contribution < 1.29 is 18.0 Å². The van der Waals surface area contributed by atoms with Gasteiger partial charge in [-0.15, -0.1) is 16.3 Å². The number of rotatable bonds is 6. The monoisotopic (exact) mass is 416 g/mol. The number of thioether (sulfide) groups is 1. The fourth-order valence-corrected chi connectivity index (χ4v) is 4.81. The molecule has 0 fully saturated rings. The molecule has 1 aromatic rings. The maximum absolute atomic E-state index is 4.88. The summed E-state index contributed by atoms with van der Waals surface area (Å²) < 4.78 is 4.51. The second-order valence-electron chi connectivity index (χ2n) is 9.68. The second kappa shape index (κ2) is 9.13. The predicted molar refractivity (Wildman–Crippen MR) is 121 cm³/mol. The van der Waals surface area contributed by atoms with Crippen molar-refractivity contribution >= 4 is 40.0 Å². The molecule has 0 aliphatic carbocycles. The van der Waals surface area contributed by atoms with E-state index in [0.29, 0.717) is 8.97 Å². The molecule has 0 N–H and O–H groups in total. The van der Waals surface area contributed by atoms with Crippen molar-refractivity contribution in [1.82, 2.24) is 4.98 Å². The first-order valence-electron chi connectivity index (χ1n) is 9.22. The molecule has 1 heterocycles.